The second-order valence-corrected chi connectivity index (χ2v) is 8.15. The second-order valence-electron chi connectivity index (χ2n) is 6.42. The van der Waals surface area contributed by atoms with Crippen molar-refractivity contribution in [3.05, 3.63) is 111 Å². The zero-order valence-electron chi connectivity index (χ0n) is 15.1. The van der Waals surface area contributed by atoms with E-state index in [9.17, 15) is 4.79 Å². The number of nitrogens with one attached hydrogen (secondary N) is 1. The van der Waals surface area contributed by atoms with Crippen molar-refractivity contribution in [2.45, 2.75) is 6.42 Å². The Hall–Kier alpha value is -2.69. The van der Waals surface area contributed by atoms with Crippen molar-refractivity contribution in [3.8, 4) is 10.4 Å². The first-order chi connectivity index (χ1) is 13.7. The number of anilines is 1. The van der Waals surface area contributed by atoms with Crippen LogP contribution in [0.1, 0.15) is 21.5 Å². The van der Waals surface area contributed by atoms with Crippen LogP contribution >= 0.6 is 27.3 Å². The Morgan fingerprint density at radius 1 is 0.857 bits per heavy atom. The molecule has 28 heavy (non-hydrogen) atoms. The lowest BCUT2D eigenvalue weighted by Crippen LogP contribution is -2.13. The van der Waals surface area contributed by atoms with E-state index >= 15 is 0 Å². The molecular weight excluding hydrogens is 430 g/mol. The molecule has 138 valence electrons. The van der Waals surface area contributed by atoms with Gasteiger partial charge in [0, 0.05) is 14.7 Å². The summed E-state index contributed by atoms with van der Waals surface area (Å²) in [6.07, 6.45) is 0.716. The van der Waals surface area contributed by atoms with Crippen molar-refractivity contribution in [2.75, 3.05) is 5.32 Å². The lowest BCUT2D eigenvalue weighted by atomic mass is 9.98. The van der Waals surface area contributed by atoms with Crippen LogP contribution in [-0.4, -0.2) is 5.91 Å². The number of hydrogen-bond acceptors (Lipinski definition) is 2. The number of benzene rings is 3. The highest BCUT2D eigenvalue weighted by molar-refractivity contribution is 9.10. The van der Waals surface area contributed by atoms with E-state index in [1.54, 1.807) is 11.3 Å². The van der Waals surface area contributed by atoms with Gasteiger partial charge in [0.15, 0.2) is 0 Å². The molecule has 0 fully saturated rings. The summed E-state index contributed by atoms with van der Waals surface area (Å²) in [6, 6.07) is 28.2. The van der Waals surface area contributed by atoms with E-state index < -0.39 is 0 Å². The molecule has 1 N–H and O–H groups in total. The fourth-order valence-electron chi connectivity index (χ4n) is 3.13. The molecule has 0 radical (unpaired) electrons. The predicted molar refractivity (Wildman–Crippen MR) is 121 cm³/mol. The molecule has 4 aromatic rings. The molecule has 0 aliphatic heterocycles. The molecule has 0 aliphatic rings. The lowest BCUT2D eigenvalue weighted by Gasteiger charge is -2.10. The average molecular weight is 448 g/mol. The van der Waals surface area contributed by atoms with E-state index in [0.717, 1.165) is 31.7 Å². The van der Waals surface area contributed by atoms with Crippen molar-refractivity contribution in [2.24, 2.45) is 0 Å². The number of hydrogen-bond donors (Lipinski definition) is 1. The maximum atomic E-state index is 13.1. The third kappa shape index (κ3) is 4.08. The van der Waals surface area contributed by atoms with Gasteiger partial charge in [0.1, 0.15) is 0 Å². The van der Waals surface area contributed by atoms with Crippen LogP contribution in [0.4, 0.5) is 5.69 Å². The number of halogens is 1. The molecule has 0 saturated heterocycles. The topological polar surface area (TPSA) is 29.1 Å². The van der Waals surface area contributed by atoms with E-state index in [1.807, 2.05) is 66.0 Å². The maximum absolute atomic E-state index is 13.1. The van der Waals surface area contributed by atoms with Gasteiger partial charge in [0.2, 0.25) is 0 Å². The molecule has 4 heteroatoms. The first-order valence-corrected chi connectivity index (χ1v) is 10.7. The Bertz CT molecular complexity index is 1090. The summed E-state index contributed by atoms with van der Waals surface area (Å²) in [5, 5.41) is 5.00. The number of amides is 1. The van der Waals surface area contributed by atoms with Crippen LogP contribution in [0.2, 0.25) is 0 Å². The van der Waals surface area contributed by atoms with E-state index in [-0.39, 0.29) is 5.91 Å². The normalized spacial score (nSPS) is 10.6. The van der Waals surface area contributed by atoms with Gasteiger partial charge >= 0.3 is 0 Å². The fourth-order valence-corrected chi connectivity index (χ4v) is 4.60. The largest absolute Gasteiger partial charge is 0.321 e. The molecule has 0 aliphatic carbocycles. The Balaban J connectivity index is 1.73. The monoisotopic (exact) mass is 447 g/mol. The minimum atomic E-state index is -0.0868. The minimum absolute atomic E-state index is 0.0868. The van der Waals surface area contributed by atoms with Crippen LogP contribution in [0.3, 0.4) is 0 Å². The zero-order chi connectivity index (χ0) is 19.3. The number of carbonyl (C=O) groups excluding carboxylic acids is 1. The summed E-state index contributed by atoms with van der Waals surface area (Å²) in [7, 11) is 0. The van der Waals surface area contributed by atoms with Crippen LogP contribution in [-0.2, 0) is 6.42 Å². The van der Waals surface area contributed by atoms with Crippen molar-refractivity contribution < 1.29 is 4.79 Å². The van der Waals surface area contributed by atoms with E-state index in [4.69, 9.17) is 0 Å². The van der Waals surface area contributed by atoms with Crippen molar-refractivity contribution >= 4 is 38.9 Å². The van der Waals surface area contributed by atoms with Crippen molar-refractivity contribution in [1.29, 1.82) is 0 Å². The van der Waals surface area contributed by atoms with Gasteiger partial charge in [0.05, 0.1) is 11.3 Å². The van der Waals surface area contributed by atoms with E-state index in [2.05, 4.69) is 45.5 Å². The molecule has 0 spiro atoms. The van der Waals surface area contributed by atoms with Gasteiger partial charge in [-0.2, -0.15) is 0 Å². The molecule has 2 nitrogen and oxygen atoms in total. The molecule has 1 aromatic heterocycles. The third-order valence-electron chi connectivity index (χ3n) is 4.52. The van der Waals surface area contributed by atoms with Crippen LogP contribution in [0.25, 0.3) is 10.4 Å². The summed E-state index contributed by atoms with van der Waals surface area (Å²) in [6.45, 7) is 0. The SMILES string of the molecule is O=C(Nc1ccccc1Br)c1csc(-c2ccccc2)c1Cc1ccccc1. The smallest absolute Gasteiger partial charge is 0.256 e. The summed E-state index contributed by atoms with van der Waals surface area (Å²) in [4.78, 5) is 14.2. The van der Waals surface area contributed by atoms with Crippen molar-refractivity contribution in [3.63, 3.8) is 0 Å². The lowest BCUT2D eigenvalue weighted by molar-refractivity contribution is 0.102. The second kappa shape index (κ2) is 8.55. The number of thiophene rings is 1. The Morgan fingerprint density at radius 3 is 2.21 bits per heavy atom. The summed E-state index contributed by atoms with van der Waals surface area (Å²) >= 11 is 5.12. The highest BCUT2D eigenvalue weighted by atomic mass is 79.9. The predicted octanol–water partition coefficient (Wildman–Crippen LogP) is 7.02. The van der Waals surface area contributed by atoms with Gasteiger partial charge in [-0.3, -0.25) is 4.79 Å². The number of rotatable bonds is 5. The van der Waals surface area contributed by atoms with Gasteiger partial charge in [-0.1, -0.05) is 72.8 Å². The number of carbonyl (C=O) groups is 1. The molecule has 0 bridgehead atoms. The minimum Gasteiger partial charge on any atom is -0.321 e. The third-order valence-corrected chi connectivity index (χ3v) is 6.28. The van der Waals surface area contributed by atoms with Crippen LogP contribution in [0, 0.1) is 0 Å². The molecule has 0 unspecified atom stereocenters. The molecule has 0 saturated carbocycles. The summed E-state index contributed by atoms with van der Waals surface area (Å²) in [5.41, 5.74) is 4.88. The molecule has 4 rings (SSSR count). The van der Waals surface area contributed by atoms with Gasteiger partial charge < -0.3 is 5.32 Å². The fraction of sp³-hybridized carbons (Fsp3) is 0.0417. The summed E-state index contributed by atoms with van der Waals surface area (Å²) in [5.74, 6) is -0.0868. The quantitative estimate of drug-likeness (QED) is 0.349. The molecule has 1 heterocycles. The van der Waals surface area contributed by atoms with Gasteiger partial charge in [-0.15, -0.1) is 11.3 Å². The standard InChI is InChI=1S/C24H18BrNOS/c25-21-13-7-8-14-22(21)26-24(27)20-16-28-23(18-11-5-2-6-12-18)19(20)15-17-9-3-1-4-10-17/h1-14,16H,15H2,(H,26,27). The number of para-hydroxylation sites is 1. The molecule has 1 amide bonds. The van der Waals surface area contributed by atoms with E-state index in [1.165, 1.54) is 5.56 Å². The highest BCUT2D eigenvalue weighted by Crippen LogP contribution is 2.35. The Kier molecular flexibility index (Phi) is 5.70. The molecular formula is C24H18BrNOS. The zero-order valence-corrected chi connectivity index (χ0v) is 17.5. The first kappa shape index (κ1) is 18.7. The molecule has 3 aromatic carbocycles. The highest BCUT2D eigenvalue weighted by Gasteiger charge is 2.19. The molecule has 0 atom stereocenters. The first-order valence-electron chi connectivity index (χ1n) is 8.98. The van der Waals surface area contributed by atoms with Gasteiger partial charge in [-0.25, -0.2) is 0 Å². The maximum Gasteiger partial charge on any atom is 0.256 e. The van der Waals surface area contributed by atoms with Crippen LogP contribution in [0.5, 0.6) is 0 Å². The van der Waals surface area contributed by atoms with Gasteiger partial charge in [0.25, 0.3) is 5.91 Å². The van der Waals surface area contributed by atoms with Gasteiger partial charge in [-0.05, 0) is 51.2 Å². The van der Waals surface area contributed by atoms with E-state index in [0.29, 0.717) is 6.42 Å². The average Bonchev–Trinajstić information content (AvgIpc) is 3.15. The van der Waals surface area contributed by atoms with Crippen LogP contribution in [0.15, 0.2) is 94.8 Å². The Labute approximate surface area is 177 Å². The summed E-state index contributed by atoms with van der Waals surface area (Å²) < 4.78 is 0.867. The van der Waals surface area contributed by atoms with Crippen LogP contribution < -0.4 is 5.32 Å². The Morgan fingerprint density at radius 2 is 1.50 bits per heavy atom. The van der Waals surface area contributed by atoms with Crippen molar-refractivity contribution in [1.82, 2.24) is 0 Å².